The highest BCUT2D eigenvalue weighted by atomic mass is 16.5. The fourth-order valence-corrected chi connectivity index (χ4v) is 2.71. The molecule has 1 heterocycles. The van der Waals surface area contributed by atoms with Gasteiger partial charge in [-0.3, -0.25) is 9.78 Å². The van der Waals surface area contributed by atoms with E-state index in [0.29, 0.717) is 24.3 Å². The van der Waals surface area contributed by atoms with Gasteiger partial charge in [0.1, 0.15) is 5.56 Å². The second-order valence-corrected chi connectivity index (χ2v) is 5.71. The third-order valence-electron chi connectivity index (χ3n) is 4.05. The Morgan fingerprint density at radius 1 is 1.20 bits per heavy atom. The van der Waals surface area contributed by atoms with E-state index in [9.17, 15) is 9.59 Å². The molecule has 1 amide bonds. The highest BCUT2D eigenvalue weighted by Crippen LogP contribution is 2.27. The van der Waals surface area contributed by atoms with Crippen LogP contribution in [0.15, 0.2) is 24.4 Å². The molecule has 0 unspecified atom stereocenters. The van der Waals surface area contributed by atoms with Crippen molar-refractivity contribution in [3.05, 3.63) is 35.5 Å². The van der Waals surface area contributed by atoms with E-state index in [1.165, 1.54) is 6.20 Å². The lowest BCUT2D eigenvalue weighted by atomic mass is 10.1. The Labute approximate surface area is 148 Å². The van der Waals surface area contributed by atoms with Crippen LogP contribution in [0, 0.1) is 6.92 Å². The zero-order valence-corrected chi connectivity index (χ0v) is 15.3. The number of likely N-dealkylation sites (N-methyl/N-ethyl adjacent to an activating group) is 1. The fourth-order valence-electron chi connectivity index (χ4n) is 2.71. The average molecular weight is 343 g/mol. The van der Waals surface area contributed by atoms with Crippen LogP contribution >= 0.6 is 0 Å². The van der Waals surface area contributed by atoms with Crippen LogP contribution in [0.1, 0.15) is 36.7 Å². The summed E-state index contributed by atoms with van der Waals surface area (Å²) in [5, 5.41) is 3.94. The number of anilines is 1. The van der Waals surface area contributed by atoms with Crippen LogP contribution in [0.5, 0.6) is 0 Å². The van der Waals surface area contributed by atoms with Gasteiger partial charge in [-0.25, -0.2) is 4.79 Å². The Hall–Kier alpha value is -2.63. The summed E-state index contributed by atoms with van der Waals surface area (Å²) in [5.41, 5.74) is 2.74. The van der Waals surface area contributed by atoms with E-state index in [2.05, 4.69) is 10.3 Å². The fraction of sp³-hybridized carbons (Fsp3) is 0.421. The Bertz CT molecular complexity index is 770. The first-order valence-corrected chi connectivity index (χ1v) is 8.59. The van der Waals surface area contributed by atoms with Crippen molar-refractivity contribution in [2.24, 2.45) is 0 Å². The lowest BCUT2D eigenvalue weighted by Gasteiger charge is -2.20. The quantitative estimate of drug-likeness (QED) is 0.783. The summed E-state index contributed by atoms with van der Waals surface area (Å²) in [6.45, 7) is 9.31. The Morgan fingerprint density at radius 2 is 1.92 bits per heavy atom. The molecule has 0 aliphatic rings. The number of amides is 1. The molecule has 0 radical (unpaired) electrons. The average Bonchev–Trinajstić information content (AvgIpc) is 2.60. The lowest BCUT2D eigenvalue weighted by Crippen LogP contribution is -2.35. The highest BCUT2D eigenvalue weighted by molar-refractivity contribution is 6.05. The Kier molecular flexibility index (Phi) is 6.33. The second kappa shape index (κ2) is 8.46. The molecule has 0 atom stereocenters. The summed E-state index contributed by atoms with van der Waals surface area (Å²) in [6.07, 6.45) is 1.50. The second-order valence-electron chi connectivity index (χ2n) is 5.71. The molecule has 6 nitrogen and oxygen atoms in total. The first kappa shape index (κ1) is 18.7. The number of fused-ring (bicyclic) bond motifs is 1. The van der Waals surface area contributed by atoms with Crippen LogP contribution in [0.25, 0.3) is 10.9 Å². The van der Waals surface area contributed by atoms with Gasteiger partial charge in [0.2, 0.25) is 5.91 Å². The Balaban J connectivity index is 2.42. The van der Waals surface area contributed by atoms with Crippen LogP contribution in [-0.4, -0.2) is 48.0 Å². The molecule has 0 spiro atoms. The molecule has 2 rings (SSSR count). The summed E-state index contributed by atoms with van der Waals surface area (Å²) in [6, 6.07) is 5.82. The van der Waals surface area contributed by atoms with Gasteiger partial charge in [-0.1, -0.05) is 11.6 Å². The van der Waals surface area contributed by atoms with E-state index >= 15 is 0 Å². The smallest absolute Gasteiger partial charge is 0.341 e. The molecular formula is C19H25N3O3. The zero-order chi connectivity index (χ0) is 18.4. The van der Waals surface area contributed by atoms with E-state index < -0.39 is 5.97 Å². The van der Waals surface area contributed by atoms with E-state index in [1.54, 1.807) is 11.8 Å². The first-order valence-electron chi connectivity index (χ1n) is 8.59. The number of carbonyl (C=O) groups is 2. The van der Waals surface area contributed by atoms with Crippen LogP contribution < -0.4 is 5.32 Å². The molecule has 0 fully saturated rings. The minimum atomic E-state index is -0.448. The van der Waals surface area contributed by atoms with Crippen molar-refractivity contribution in [2.75, 3.05) is 31.6 Å². The molecule has 1 aromatic carbocycles. The number of benzene rings is 1. The summed E-state index contributed by atoms with van der Waals surface area (Å²) in [4.78, 5) is 30.7. The van der Waals surface area contributed by atoms with Gasteiger partial charge in [0.25, 0.3) is 0 Å². The maximum absolute atomic E-state index is 12.3. The lowest BCUT2D eigenvalue weighted by molar-refractivity contribution is -0.128. The number of ether oxygens (including phenoxy) is 1. The first-order chi connectivity index (χ1) is 12.0. The molecule has 0 saturated carbocycles. The number of pyridine rings is 1. The number of carbonyl (C=O) groups excluding carboxylic acids is 2. The highest BCUT2D eigenvalue weighted by Gasteiger charge is 2.18. The number of hydrogen-bond donors (Lipinski definition) is 1. The third kappa shape index (κ3) is 4.26. The van der Waals surface area contributed by atoms with Crippen molar-refractivity contribution in [1.82, 2.24) is 9.88 Å². The van der Waals surface area contributed by atoms with Crippen molar-refractivity contribution in [3.63, 3.8) is 0 Å². The van der Waals surface area contributed by atoms with Gasteiger partial charge in [-0.05, 0) is 39.8 Å². The molecule has 0 aliphatic carbocycles. The van der Waals surface area contributed by atoms with Crippen molar-refractivity contribution < 1.29 is 14.3 Å². The predicted molar refractivity (Wildman–Crippen MR) is 98.9 cm³/mol. The Morgan fingerprint density at radius 3 is 2.56 bits per heavy atom. The van der Waals surface area contributed by atoms with E-state index in [0.717, 1.165) is 16.5 Å². The number of aryl methyl sites for hydroxylation is 1. The van der Waals surface area contributed by atoms with Crippen molar-refractivity contribution in [2.45, 2.75) is 27.7 Å². The number of nitrogens with zero attached hydrogens (tertiary/aromatic N) is 2. The van der Waals surface area contributed by atoms with Gasteiger partial charge in [0, 0.05) is 24.7 Å². The molecule has 1 N–H and O–H groups in total. The van der Waals surface area contributed by atoms with Gasteiger partial charge < -0.3 is 15.0 Å². The standard InChI is InChI=1S/C19H25N3O3/c1-5-22(6-2)17(23)12-21-18-14-10-13(4)8-9-16(14)20-11-15(18)19(24)25-7-3/h8-11H,5-7,12H2,1-4H3,(H,20,21). The molecule has 134 valence electrons. The normalized spacial score (nSPS) is 10.6. The van der Waals surface area contributed by atoms with Crippen molar-refractivity contribution in [1.29, 1.82) is 0 Å². The number of rotatable bonds is 7. The molecule has 25 heavy (non-hydrogen) atoms. The van der Waals surface area contributed by atoms with Crippen LogP contribution in [-0.2, 0) is 9.53 Å². The van der Waals surface area contributed by atoms with Gasteiger partial charge >= 0.3 is 5.97 Å². The van der Waals surface area contributed by atoms with Crippen LogP contribution in [0.2, 0.25) is 0 Å². The van der Waals surface area contributed by atoms with Crippen LogP contribution in [0.4, 0.5) is 5.69 Å². The number of esters is 1. The number of nitrogens with one attached hydrogen (secondary N) is 1. The molecule has 6 heteroatoms. The van der Waals surface area contributed by atoms with Gasteiger partial charge in [0.05, 0.1) is 24.4 Å². The van der Waals surface area contributed by atoms with Crippen molar-refractivity contribution >= 4 is 28.5 Å². The minimum absolute atomic E-state index is 0.0163. The molecule has 0 bridgehead atoms. The van der Waals surface area contributed by atoms with Gasteiger partial charge in [0.15, 0.2) is 0 Å². The maximum atomic E-state index is 12.3. The predicted octanol–water partition coefficient (Wildman–Crippen LogP) is 3.00. The minimum Gasteiger partial charge on any atom is -0.462 e. The third-order valence-corrected chi connectivity index (χ3v) is 4.05. The topological polar surface area (TPSA) is 71.5 Å². The molecule has 2 aromatic rings. The summed E-state index contributed by atoms with van der Waals surface area (Å²) < 4.78 is 5.13. The SMILES string of the molecule is CCOC(=O)c1cnc2ccc(C)cc2c1NCC(=O)N(CC)CC. The summed E-state index contributed by atoms with van der Waals surface area (Å²) in [7, 11) is 0. The summed E-state index contributed by atoms with van der Waals surface area (Å²) in [5.74, 6) is -0.464. The summed E-state index contributed by atoms with van der Waals surface area (Å²) >= 11 is 0. The maximum Gasteiger partial charge on any atom is 0.341 e. The van der Waals surface area contributed by atoms with E-state index in [4.69, 9.17) is 4.74 Å². The molecule has 0 aliphatic heterocycles. The monoisotopic (exact) mass is 343 g/mol. The van der Waals surface area contributed by atoms with Gasteiger partial charge in [-0.15, -0.1) is 0 Å². The zero-order valence-electron chi connectivity index (χ0n) is 15.3. The van der Waals surface area contributed by atoms with Crippen LogP contribution in [0.3, 0.4) is 0 Å². The molecule has 1 aromatic heterocycles. The number of aromatic nitrogens is 1. The molecule has 0 saturated heterocycles. The number of hydrogen-bond acceptors (Lipinski definition) is 5. The van der Waals surface area contributed by atoms with Crippen molar-refractivity contribution in [3.8, 4) is 0 Å². The van der Waals surface area contributed by atoms with Gasteiger partial charge in [-0.2, -0.15) is 0 Å². The van der Waals surface area contributed by atoms with E-state index in [-0.39, 0.29) is 19.1 Å². The van der Waals surface area contributed by atoms with E-state index in [1.807, 2.05) is 39.0 Å². The molecular weight excluding hydrogens is 318 g/mol. The largest absolute Gasteiger partial charge is 0.462 e.